The molecular formula is C18H22O4S. The summed E-state index contributed by atoms with van der Waals surface area (Å²) in [6.45, 7) is 7.07. The Labute approximate surface area is 141 Å². The average molecular weight is 334 g/mol. The van der Waals surface area contributed by atoms with Crippen molar-refractivity contribution >= 4 is 11.8 Å². The first-order valence-electron chi connectivity index (χ1n) is 7.44. The Morgan fingerprint density at radius 1 is 0.783 bits per heavy atom. The van der Waals surface area contributed by atoms with Gasteiger partial charge in [0.2, 0.25) is 0 Å². The molecule has 2 aromatic rings. The molecule has 4 nitrogen and oxygen atoms in total. The molecule has 0 amide bonds. The van der Waals surface area contributed by atoms with Crippen LogP contribution in [-0.4, -0.2) is 22.8 Å². The van der Waals surface area contributed by atoms with E-state index >= 15 is 0 Å². The summed E-state index contributed by atoms with van der Waals surface area (Å²) >= 11 is 1.63. The molecule has 0 aliphatic carbocycles. The summed E-state index contributed by atoms with van der Waals surface area (Å²) < 4.78 is 10.7. The summed E-state index contributed by atoms with van der Waals surface area (Å²) in [4.78, 5) is 2.17. The topological polar surface area (TPSA) is 58.9 Å². The zero-order valence-electron chi connectivity index (χ0n) is 13.7. The average Bonchev–Trinajstić information content (AvgIpc) is 2.44. The first-order valence-corrected chi connectivity index (χ1v) is 8.25. The Bertz CT molecular complexity index is 611. The Morgan fingerprint density at radius 2 is 1.17 bits per heavy atom. The summed E-state index contributed by atoms with van der Waals surface area (Å²) in [5, 5.41) is 18.6. The molecule has 23 heavy (non-hydrogen) atoms. The van der Waals surface area contributed by atoms with E-state index < -0.39 is 12.6 Å². The van der Waals surface area contributed by atoms with Crippen LogP contribution in [0.2, 0.25) is 0 Å². The largest absolute Gasteiger partial charge is 0.465 e. The maximum atomic E-state index is 9.30. The van der Waals surface area contributed by atoms with E-state index in [2.05, 4.69) is 0 Å². The van der Waals surface area contributed by atoms with E-state index in [-0.39, 0.29) is 0 Å². The maximum Gasteiger partial charge on any atom is 0.194 e. The second kappa shape index (κ2) is 7.73. The molecular weight excluding hydrogens is 312 g/mol. The van der Waals surface area contributed by atoms with Gasteiger partial charge in [-0.2, -0.15) is 0 Å². The van der Waals surface area contributed by atoms with Crippen molar-refractivity contribution in [2.45, 2.75) is 50.1 Å². The third-order valence-electron chi connectivity index (χ3n) is 3.12. The van der Waals surface area contributed by atoms with Crippen molar-refractivity contribution in [3.05, 3.63) is 47.5 Å². The fraction of sp³-hybridized carbons (Fsp3) is 0.333. The molecule has 0 radical (unpaired) electrons. The highest BCUT2D eigenvalue weighted by molar-refractivity contribution is 7.99. The van der Waals surface area contributed by atoms with Gasteiger partial charge in [-0.3, -0.25) is 0 Å². The molecule has 0 fully saturated rings. The predicted octanol–water partition coefficient (Wildman–Crippen LogP) is 3.89. The zero-order valence-corrected chi connectivity index (χ0v) is 14.6. The van der Waals surface area contributed by atoms with Crippen molar-refractivity contribution in [2.75, 3.05) is 0 Å². The van der Waals surface area contributed by atoms with Crippen LogP contribution in [0.3, 0.4) is 0 Å². The third kappa shape index (κ3) is 5.16. The summed E-state index contributed by atoms with van der Waals surface area (Å²) in [6, 6.07) is 11.7. The molecule has 0 heterocycles. The van der Waals surface area contributed by atoms with Gasteiger partial charge >= 0.3 is 0 Å². The summed E-state index contributed by atoms with van der Waals surface area (Å²) in [6.07, 6.45) is -1.65. The number of aliphatic hydroxyl groups excluding tert-OH is 2. The normalized spacial score (nSPS) is 13.5. The van der Waals surface area contributed by atoms with Gasteiger partial charge in [0.05, 0.1) is 0 Å². The number of rotatable bonds is 6. The quantitative estimate of drug-likeness (QED) is 0.785. The first-order chi connectivity index (χ1) is 10.8. The molecule has 0 aliphatic heterocycles. The highest BCUT2D eigenvalue weighted by Crippen LogP contribution is 2.33. The van der Waals surface area contributed by atoms with Crippen LogP contribution in [0.1, 0.15) is 25.0 Å². The van der Waals surface area contributed by atoms with Crippen LogP contribution >= 0.6 is 11.8 Å². The fourth-order valence-electron chi connectivity index (χ4n) is 2.14. The van der Waals surface area contributed by atoms with Gasteiger partial charge in [-0.25, -0.2) is 0 Å². The standard InChI is InChI=1S/C18H22O4S/c1-11-9-15(5-7-17(11)21-13(3)19)23-16-6-8-18(12(2)10-16)22-14(4)20/h5-10,13-14,19-20H,1-4H3. The SMILES string of the molecule is Cc1cc(Sc2ccc(OC(C)O)c(C)c2)ccc1OC(C)O. The molecule has 0 bridgehead atoms. The molecule has 0 aliphatic rings. The van der Waals surface area contributed by atoms with E-state index in [0.29, 0.717) is 11.5 Å². The minimum Gasteiger partial charge on any atom is -0.465 e. The third-order valence-corrected chi connectivity index (χ3v) is 4.10. The van der Waals surface area contributed by atoms with Crippen LogP contribution < -0.4 is 9.47 Å². The van der Waals surface area contributed by atoms with Crippen LogP contribution in [0.5, 0.6) is 11.5 Å². The van der Waals surface area contributed by atoms with Crippen LogP contribution in [0.25, 0.3) is 0 Å². The van der Waals surface area contributed by atoms with Gasteiger partial charge in [-0.05, 0) is 75.2 Å². The number of aryl methyl sites for hydroxylation is 2. The maximum absolute atomic E-state index is 9.30. The van der Waals surface area contributed by atoms with E-state index in [1.807, 2.05) is 50.2 Å². The summed E-state index contributed by atoms with van der Waals surface area (Å²) in [5.74, 6) is 1.36. The molecule has 2 unspecified atom stereocenters. The number of ether oxygens (including phenoxy) is 2. The first kappa shape index (κ1) is 17.7. The van der Waals surface area contributed by atoms with Crippen molar-refractivity contribution < 1.29 is 19.7 Å². The molecule has 0 saturated heterocycles. The number of benzene rings is 2. The summed E-state index contributed by atoms with van der Waals surface area (Å²) in [7, 11) is 0. The molecule has 0 saturated carbocycles. The number of aliphatic hydroxyl groups is 2. The van der Waals surface area contributed by atoms with Crippen molar-refractivity contribution in [2.24, 2.45) is 0 Å². The second-order valence-electron chi connectivity index (χ2n) is 5.39. The lowest BCUT2D eigenvalue weighted by Gasteiger charge is -2.14. The molecule has 2 N–H and O–H groups in total. The minimum absolute atomic E-state index is 0.682. The minimum atomic E-state index is -0.823. The number of hydrogen-bond acceptors (Lipinski definition) is 5. The van der Waals surface area contributed by atoms with Gasteiger partial charge in [0.15, 0.2) is 12.6 Å². The van der Waals surface area contributed by atoms with Crippen molar-refractivity contribution in [1.82, 2.24) is 0 Å². The van der Waals surface area contributed by atoms with Gasteiger partial charge in [0.25, 0.3) is 0 Å². The highest BCUT2D eigenvalue weighted by atomic mass is 32.2. The van der Waals surface area contributed by atoms with Crippen LogP contribution in [0.15, 0.2) is 46.2 Å². The monoisotopic (exact) mass is 334 g/mol. The van der Waals surface area contributed by atoms with Crippen LogP contribution in [-0.2, 0) is 0 Å². The van der Waals surface area contributed by atoms with Crippen molar-refractivity contribution in [3.63, 3.8) is 0 Å². The van der Waals surface area contributed by atoms with Gasteiger partial charge in [0.1, 0.15) is 11.5 Å². The Morgan fingerprint density at radius 3 is 1.48 bits per heavy atom. The molecule has 5 heteroatoms. The molecule has 2 rings (SSSR count). The molecule has 2 aromatic carbocycles. The predicted molar refractivity (Wildman–Crippen MR) is 91.1 cm³/mol. The lowest BCUT2D eigenvalue weighted by atomic mass is 10.2. The Balaban J connectivity index is 2.13. The zero-order chi connectivity index (χ0) is 17.0. The van der Waals surface area contributed by atoms with Crippen molar-refractivity contribution in [3.8, 4) is 11.5 Å². The van der Waals surface area contributed by atoms with Crippen molar-refractivity contribution in [1.29, 1.82) is 0 Å². The van der Waals surface area contributed by atoms with Gasteiger partial charge < -0.3 is 19.7 Å². The fourth-order valence-corrected chi connectivity index (χ4v) is 3.15. The van der Waals surface area contributed by atoms with E-state index in [4.69, 9.17) is 9.47 Å². The number of hydrogen-bond donors (Lipinski definition) is 2. The van der Waals surface area contributed by atoms with Gasteiger partial charge in [-0.1, -0.05) is 11.8 Å². The van der Waals surface area contributed by atoms with Gasteiger partial charge in [0, 0.05) is 9.79 Å². The Kier molecular flexibility index (Phi) is 5.93. The van der Waals surface area contributed by atoms with Crippen LogP contribution in [0, 0.1) is 13.8 Å². The molecule has 0 spiro atoms. The molecule has 2 atom stereocenters. The lowest BCUT2D eigenvalue weighted by Crippen LogP contribution is -2.10. The Hall–Kier alpha value is -1.69. The van der Waals surface area contributed by atoms with E-state index in [9.17, 15) is 10.2 Å². The lowest BCUT2D eigenvalue weighted by molar-refractivity contribution is -0.00140. The molecule has 0 aromatic heterocycles. The summed E-state index contributed by atoms with van der Waals surface area (Å²) in [5.41, 5.74) is 1.95. The highest BCUT2D eigenvalue weighted by Gasteiger charge is 2.08. The van der Waals surface area contributed by atoms with Gasteiger partial charge in [-0.15, -0.1) is 0 Å². The molecule has 124 valence electrons. The van der Waals surface area contributed by atoms with E-state index in [1.165, 1.54) is 0 Å². The van der Waals surface area contributed by atoms with E-state index in [0.717, 1.165) is 20.9 Å². The smallest absolute Gasteiger partial charge is 0.194 e. The second-order valence-corrected chi connectivity index (χ2v) is 6.54. The van der Waals surface area contributed by atoms with Crippen LogP contribution in [0.4, 0.5) is 0 Å². The van der Waals surface area contributed by atoms with E-state index in [1.54, 1.807) is 25.6 Å².